The third kappa shape index (κ3) is 1.94. The third-order valence-electron chi connectivity index (χ3n) is 3.51. The first kappa shape index (κ1) is 12.9. The summed E-state index contributed by atoms with van der Waals surface area (Å²) in [6.45, 7) is 1.93. The molecule has 2 saturated heterocycles. The molecule has 2 atom stereocenters. The minimum Gasteiger partial charge on any atom is -0.460 e. The number of morpholine rings is 1. The topological polar surface area (TPSA) is 63.7 Å². The lowest BCUT2D eigenvalue weighted by Gasteiger charge is -2.25. The van der Waals surface area contributed by atoms with Gasteiger partial charge in [-0.1, -0.05) is 17.7 Å². The van der Waals surface area contributed by atoms with Gasteiger partial charge in [0.15, 0.2) is 0 Å². The number of benzene rings is 1. The van der Waals surface area contributed by atoms with Gasteiger partial charge in [-0.05, 0) is 24.6 Å². The first-order valence-corrected chi connectivity index (χ1v) is 7.70. The fraction of sp³-hybridized carbons (Fsp3) is 0.417. The van der Waals surface area contributed by atoms with Crippen molar-refractivity contribution in [1.82, 2.24) is 4.31 Å². The standard InChI is InChI=1S/C12H12ClNO4S/c1-7-2-3-8(13)4-11(7)19(16,17)14-6-9-5-10(14)12(15)18-9/h2-4,9-10H,5-6H2,1H3/t9-,10+/m1/s1. The highest BCUT2D eigenvalue weighted by atomic mass is 35.5. The van der Waals surface area contributed by atoms with Crippen LogP contribution in [0.2, 0.25) is 5.02 Å². The van der Waals surface area contributed by atoms with Gasteiger partial charge in [0, 0.05) is 11.4 Å². The lowest BCUT2D eigenvalue weighted by Crippen LogP contribution is -2.44. The Kier molecular flexibility index (Phi) is 2.85. The largest absolute Gasteiger partial charge is 0.460 e. The van der Waals surface area contributed by atoms with E-state index in [9.17, 15) is 13.2 Å². The highest BCUT2D eigenvalue weighted by Crippen LogP contribution is 2.35. The number of ether oxygens (including phenoxy) is 1. The lowest BCUT2D eigenvalue weighted by molar-refractivity contribution is -0.148. The molecule has 0 unspecified atom stereocenters. The molecule has 19 heavy (non-hydrogen) atoms. The zero-order valence-corrected chi connectivity index (χ0v) is 11.7. The summed E-state index contributed by atoms with van der Waals surface area (Å²) in [4.78, 5) is 11.7. The Balaban J connectivity index is 2.04. The molecule has 3 rings (SSSR count). The number of nitrogens with zero attached hydrogens (tertiary/aromatic N) is 1. The average molecular weight is 302 g/mol. The summed E-state index contributed by atoms with van der Waals surface area (Å²) < 4.78 is 31.4. The van der Waals surface area contributed by atoms with Crippen LogP contribution in [0.1, 0.15) is 12.0 Å². The number of fused-ring (bicyclic) bond motifs is 2. The highest BCUT2D eigenvalue weighted by molar-refractivity contribution is 7.89. The second-order valence-corrected chi connectivity index (χ2v) is 7.09. The maximum Gasteiger partial charge on any atom is 0.324 e. The molecule has 0 amide bonds. The molecule has 2 bridgehead atoms. The van der Waals surface area contributed by atoms with Crippen molar-refractivity contribution in [2.24, 2.45) is 0 Å². The number of hydrogen-bond acceptors (Lipinski definition) is 4. The molecule has 2 heterocycles. The molecule has 0 radical (unpaired) electrons. The van der Waals surface area contributed by atoms with Gasteiger partial charge in [0.05, 0.1) is 11.4 Å². The van der Waals surface area contributed by atoms with Crippen LogP contribution in [0.15, 0.2) is 23.1 Å². The summed E-state index contributed by atoms with van der Waals surface area (Å²) in [6.07, 6.45) is 0.129. The van der Waals surface area contributed by atoms with E-state index in [-0.39, 0.29) is 17.5 Å². The van der Waals surface area contributed by atoms with Crippen molar-refractivity contribution in [1.29, 1.82) is 0 Å². The van der Waals surface area contributed by atoms with Crippen molar-refractivity contribution < 1.29 is 17.9 Å². The Morgan fingerprint density at radius 3 is 2.79 bits per heavy atom. The highest BCUT2D eigenvalue weighted by Gasteiger charge is 2.51. The number of sulfonamides is 1. The molecule has 2 aliphatic heterocycles. The molecular formula is C12H12ClNO4S. The van der Waals surface area contributed by atoms with Gasteiger partial charge in [-0.2, -0.15) is 4.31 Å². The van der Waals surface area contributed by atoms with E-state index >= 15 is 0 Å². The molecule has 0 aliphatic carbocycles. The molecule has 1 aromatic rings. The fourth-order valence-electron chi connectivity index (χ4n) is 2.55. The van der Waals surface area contributed by atoms with Crippen molar-refractivity contribution in [2.75, 3.05) is 6.54 Å². The van der Waals surface area contributed by atoms with E-state index in [4.69, 9.17) is 16.3 Å². The Morgan fingerprint density at radius 2 is 2.16 bits per heavy atom. The molecule has 2 fully saturated rings. The van der Waals surface area contributed by atoms with Crippen LogP contribution >= 0.6 is 11.6 Å². The number of hydrogen-bond donors (Lipinski definition) is 0. The van der Waals surface area contributed by atoms with Gasteiger partial charge in [0.2, 0.25) is 10.0 Å². The van der Waals surface area contributed by atoms with Gasteiger partial charge < -0.3 is 4.74 Å². The predicted molar refractivity (Wildman–Crippen MR) is 68.4 cm³/mol. The van der Waals surface area contributed by atoms with Crippen molar-refractivity contribution in [3.8, 4) is 0 Å². The molecule has 102 valence electrons. The predicted octanol–water partition coefficient (Wildman–Crippen LogP) is 1.34. The Hall–Kier alpha value is -1.11. The van der Waals surface area contributed by atoms with Crippen LogP contribution in [0, 0.1) is 6.92 Å². The van der Waals surface area contributed by atoms with Gasteiger partial charge >= 0.3 is 5.97 Å². The minimum atomic E-state index is -3.71. The van der Waals surface area contributed by atoms with Crippen LogP contribution in [0.25, 0.3) is 0 Å². The summed E-state index contributed by atoms with van der Waals surface area (Å²) in [5.41, 5.74) is 0.612. The molecule has 2 aliphatic rings. The van der Waals surface area contributed by atoms with E-state index in [0.717, 1.165) is 0 Å². The number of esters is 1. The summed E-state index contributed by atoms with van der Waals surface area (Å²) in [5, 5.41) is 0.358. The Morgan fingerprint density at radius 1 is 1.42 bits per heavy atom. The van der Waals surface area contributed by atoms with E-state index in [1.807, 2.05) is 0 Å². The van der Waals surface area contributed by atoms with E-state index in [1.54, 1.807) is 19.1 Å². The zero-order valence-electron chi connectivity index (χ0n) is 10.2. The maximum absolute atomic E-state index is 12.6. The van der Waals surface area contributed by atoms with E-state index < -0.39 is 22.0 Å². The van der Waals surface area contributed by atoms with Crippen LogP contribution in [0.4, 0.5) is 0 Å². The van der Waals surface area contributed by atoms with Gasteiger partial charge in [-0.3, -0.25) is 4.79 Å². The molecule has 5 nitrogen and oxygen atoms in total. The monoisotopic (exact) mass is 301 g/mol. The van der Waals surface area contributed by atoms with Crippen molar-refractivity contribution in [2.45, 2.75) is 30.4 Å². The first-order valence-electron chi connectivity index (χ1n) is 5.88. The van der Waals surface area contributed by atoms with E-state index in [1.165, 1.54) is 10.4 Å². The lowest BCUT2D eigenvalue weighted by atomic mass is 10.2. The summed E-state index contributed by atoms with van der Waals surface area (Å²) >= 11 is 5.86. The number of carbonyl (C=O) groups is 1. The number of aryl methyl sites for hydroxylation is 1. The number of halogens is 1. The van der Waals surface area contributed by atoms with Crippen molar-refractivity contribution in [3.63, 3.8) is 0 Å². The van der Waals surface area contributed by atoms with Crippen LogP contribution in [0.5, 0.6) is 0 Å². The summed E-state index contributed by atoms with van der Waals surface area (Å²) in [6, 6.07) is 4.03. The van der Waals surface area contributed by atoms with Gasteiger partial charge in [-0.25, -0.2) is 8.42 Å². The van der Waals surface area contributed by atoms with Crippen LogP contribution in [-0.4, -0.2) is 37.4 Å². The first-order chi connectivity index (χ1) is 8.89. The molecule has 0 N–H and O–H groups in total. The Labute approximate surface area is 116 Å². The molecule has 0 saturated carbocycles. The normalized spacial score (nSPS) is 26.7. The van der Waals surface area contributed by atoms with Gasteiger partial charge in [0.1, 0.15) is 12.1 Å². The number of carbonyl (C=O) groups excluding carboxylic acids is 1. The summed E-state index contributed by atoms with van der Waals surface area (Å²) in [7, 11) is -3.71. The van der Waals surface area contributed by atoms with E-state index in [2.05, 4.69) is 0 Å². The maximum atomic E-state index is 12.6. The Bertz CT molecular complexity index is 658. The quantitative estimate of drug-likeness (QED) is 0.773. The molecular weight excluding hydrogens is 290 g/mol. The van der Waals surface area contributed by atoms with Crippen LogP contribution in [0.3, 0.4) is 0 Å². The third-order valence-corrected chi connectivity index (χ3v) is 5.76. The van der Waals surface area contributed by atoms with Crippen LogP contribution < -0.4 is 0 Å². The van der Waals surface area contributed by atoms with Gasteiger partial charge in [0.25, 0.3) is 0 Å². The number of rotatable bonds is 2. The van der Waals surface area contributed by atoms with Crippen molar-refractivity contribution in [3.05, 3.63) is 28.8 Å². The van der Waals surface area contributed by atoms with Crippen molar-refractivity contribution >= 4 is 27.6 Å². The molecule has 0 spiro atoms. The van der Waals surface area contributed by atoms with Gasteiger partial charge in [-0.15, -0.1) is 0 Å². The van der Waals surface area contributed by atoms with E-state index in [0.29, 0.717) is 17.0 Å². The summed E-state index contributed by atoms with van der Waals surface area (Å²) in [5.74, 6) is -0.459. The molecule has 1 aromatic carbocycles. The smallest absolute Gasteiger partial charge is 0.324 e. The molecule has 0 aromatic heterocycles. The second kappa shape index (κ2) is 4.19. The minimum absolute atomic E-state index is 0.153. The SMILES string of the molecule is Cc1ccc(Cl)cc1S(=O)(=O)N1C[C@H]2C[C@H]1C(=O)O2. The molecule has 7 heteroatoms. The fourth-order valence-corrected chi connectivity index (χ4v) is 4.66. The second-order valence-electron chi connectivity index (χ2n) is 4.79. The van der Waals surface area contributed by atoms with Crippen LogP contribution in [-0.2, 0) is 19.6 Å². The zero-order chi connectivity index (χ0) is 13.8. The average Bonchev–Trinajstić information content (AvgIpc) is 2.91.